The summed E-state index contributed by atoms with van der Waals surface area (Å²) in [6.45, 7) is 2.34. The number of carbonyl (C=O) groups excluding carboxylic acids is 1. The van der Waals surface area contributed by atoms with Gasteiger partial charge in [-0.15, -0.1) is 0 Å². The molecule has 1 heterocycles. The summed E-state index contributed by atoms with van der Waals surface area (Å²) < 4.78 is 38.5. The molecule has 1 aliphatic rings. The number of nitrogens with one attached hydrogen (secondary N) is 1. The van der Waals surface area contributed by atoms with Crippen molar-refractivity contribution >= 4 is 27.3 Å². The molecule has 0 radical (unpaired) electrons. The van der Waals surface area contributed by atoms with Crippen molar-refractivity contribution in [2.24, 2.45) is 0 Å². The number of ether oxygens (including phenoxy) is 2. The first-order valence-corrected chi connectivity index (χ1v) is 12.0. The molecule has 0 unspecified atom stereocenters. The molecule has 0 bridgehead atoms. The lowest BCUT2D eigenvalue weighted by Gasteiger charge is -2.31. The molecule has 0 aliphatic carbocycles. The molecule has 3 aromatic rings. The molecule has 0 fully saturated rings. The van der Waals surface area contributed by atoms with Gasteiger partial charge in [-0.1, -0.05) is 17.7 Å². The van der Waals surface area contributed by atoms with E-state index in [4.69, 9.17) is 9.47 Å². The number of hydrogen-bond acceptors (Lipinski definition) is 5. The highest BCUT2D eigenvalue weighted by Gasteiger charge is 2.29. The van der Waals surface area contributed by atoms with E-state index < -0.39 is 10.0 Å². The molecule has 33 heavy (non-hydrogen) atoms. The zero-order valence-corrected chi connectivity index (χ0v) is 19.6. The van der Waals surface area contributed by atoms with E-state index in [1.54, 1.807) is 61.7 Å². The van der Waals surface area contributed by atoms with Crippen molar-refractivity contribution in [2.45, 2.75) is 24.7 Å². The van der Waals surface area contributed by atoms with Crippen LogP contribution in [-0.2, 0) is 16.4 Å². The minimum atomic E-state index is -3.67. The number of benzene rings is 3. The van der Waals surface area contributed by atoms with Crippen LogP contribution in [0.4, 0.5) is 11.4 Å². The lowest BCUT2D eigenvalue weighted by atomic mass is 10.0. The number of fused-ring (bicyclic) bond motifs is 1. The molecule has 0 aromatic heterocycles. The zero-order chi connectivity index (χ0) is 23.6. The number of nitrogens with zero attached hydrogens (tertiary/aromatic N) is 1. The van der Waals surface area contributed by atoms with Gasteiger partial charge < -0.3 is 14.8 Å². The number of amides is 1. The van der Waals surface area contributed by atoms with Crippen molar-refractivity contribution in [3.05, 3.63) is 77.4 Å². The molecule has 1 aliphatic heterocycles. The largest absolute Gasteiger partial charge is 0.497 e. The van der Waals surface area contributed by atoms with Crippen molar-refractivity contribution in [3.63, 3.8) is 0 Å². The monoisotopic (exact) mass is 466 g/mol. The van der Waals surface area contributed by atoms with Crippen LogP contribution in [0.2, 0.25) is 0 Å². The number of anilines is 2. The van der Waals surface area contributed by atoms with E-state index in [1.807, 2.05) is 13.0 Å². The molecule has 7 nitrogen and oxygen atoms in total. The molecular weight excluding hydrogens is 440 g/mol. The zero-order valence-electron chi connectivity index (χ0n) is 18.8. The molecule has 0 spiro atoms. The minimum Gasteiger partial charge on any atom is -0.497 e. The summed E-state index contributed by atoms with van der Waals surface area (Å²) in [7, 11) is -0.630. The second kappa shape index (κ2) is 9.15. The van der Waals surface area contributed by atoms with Crippen LogP contribution >= 0.6 is 0 Å². The van der Waals surface area contributed by atoms with Gasteiger partial charge in [0.15, 0.2) is 0 Å². The van der Waals surface area contributed by atoms with Gasteiger partial charge in [0.05, 0.1) is 30.4 Å². The van der Waals surface area contributed by atoms with Crippen LogP contribution in [-0.4, -0.2) is 35.1 Å². The minimum absolute atomic E-state index is 0.268. The van der Waals surface area contributed by atoms with Crippen molar-refractivity contribution in [1.29, 1.82) is 0 Å². The standard InChI is InChI=1S/C25H26N2O5S/c1-17-6-10-21(11-7-17)33(29,30)27-14-4-5-18-15-19(8-13-23(18)27)26-25(28)22-12-9-20(31-2)16-24(22)32-3/h6-13,15-16H,4-5,14H2,1-3H3,(H,26,28). The van der Waals surface area contributed by atoms with E-state index in [1.165, 1.54) is 11.4 Å². The maximum absolute atomic E-state index is 13.3. The van der Waals surface area contributed by atoms with Crippen LogP contribution in [0, 0.1) is 6.92 Å². The van der Waals surface area contributed by atoms with Gasteiger partial charge >= 0.3 is 0 Å². The Hall–Kier alpha value is -3.52. The number of hydrogen-bond donors (Lipinski definition) is 1. The van der Waals surface area contributed by atoms with Crippen LogP contribution in [0.5, 0.6) is 11.5 Å². The number of rotatable bonds is 6. The van der Waals surface area contributed by atoms with Crippen LogP contribution < -0.4 is 19.1 Å². The molecular formula is C25H26N2O5S. The first kappa shape index (κ1) is 22.7. The Morgan fingerprint density at radius 3 is 2.42 bits per heavy atom. The highest BCUT2D eigenvalue weighted by atomic mass is 32.2. The van der Waals surface area contributed by atoms with Crippen LogP contribution in [0.25, 0.3) is 0 Å². The number of sulfonamides is 1. The molecule has 0 saturated carbocycles. The van der Waals surface area contributed by atoms with Gasteiger partial charge in [0.2, 0.25) is 0 Å². The van der Waals surface area contributed by atoms with E-state index in [9.17, 15) is 13.2 Å². The van der Waals surface area contributed by atoms with E-state index in [-0.39, 0.29) is 10.8 Å². The molecule has 172 valence electrons. The summed E-state index contributed by atoms with van der Waals surface area (Å²) in [5, 5.41) is 2.88. The van der Waals surface area contributed by atoms with Crippen molar-refractivity contribution in [3.8, 4) is 11.5 Å². The second-order valence-electron chi connectivity index (χ2n) is 7.86. The smallest absolute Gasteiger partial charge is 0.264 e. The second-order valence-corrected chi connectivity index (χ2v) is 9.72. The number of carbonyl (C=O) groups is 1. The third-order valence-electron chi connectivity index (χ3n) is 5.68. The Morgan fingerprint density at radius 1 is 0.970 bits per heavy atom. The van der Waals surface area contributed by atoms with Crippen molar-refractivity contribution in [2.75, 3.05) is 30.4 Å². The first-order chi connectivity index (χ1) is 15.8. The van der Waals surface area contributed by atoms with E-state index in [0.717, 1.165) is 17.5 Å². The average molecular weight is 467 g/mol. The summed E-state index contributed by atoms with van der Waals surface area (Å²) in [6.07, 6.45) is 1.42. The predicted molar refractivity (Wildman–Crippen MR) is 128 cm³/mol. The quantitative estimate of drug-likeness (QED) is 0.582. The van der Waals surface area contributed by atoms with Crippen LogP contribution in [0.3, 0.4) is 0 Å². The summed E-state index contributed by atoms with van der Waals surface area (Å²) in [6, 6.07) is 17.1. The fourth-order valence-electron chi connectivity index (χ4n) is 3.91. The van der Waals surface area contributed by atoms with Crippen LogP contribution in [0.1, 0.15) is 27.9 Å². The van der Waals surface area contributed by atoms with E-state index in [2.05, 4.69) is 5.32 Å². The predicted octanol–water partition coefficient (Wildman–Crippen LogP) is 4.41. The van der Waals surface area contributed by atoms with E-state index >= 15 is 0 Å². The van der Waals surface area contributed by atoms with Gasteiger partial charge in [0.1, 0.15) is 11.5 Å². The molecule has 0 saturated heterocycles. The molecule has 3 aromatic carbocycles. The van der Waals surface area contributed by atoms with Gasteiger partial charge in [0.25, 0.3) is 15.9 Å². The molecule has 0 atom stereocenters. The summed E-state index contributed by atoms with van der Waals surface area (Å²) in [4.78, 5) is 13.1. The third kappa shape index (κ3) is 4.52. The Balaban J connectivity index is 1.60. The summed E-state index contributed by atoms with van der Waals surface area (Å²) in [5.74, 6) is 0.668. The fraction of sp³-hybridized carbons (Fsp3) is 0.240. The molecule has 8 heteroatoms. The number of methoxy groups -OCH3 is 2. The maximum atomic E-state index is 13.3. The van der Waals surface area contributed by atoms with Gasteiger partial charge in [-0.3, -0.25) is 9.10 Å². The average Bonchev–Trinajstić information content (AvgIpc) is 2.83. The van der Waals surface area contributed by atoms with E-state index in [0.29, 0.717) is 41.4 Å². The van der Waals surface area contributed by atoms with Gasteiger partial charge in [-0.2, -0.15) is 0 Å². The van der Waals surface area contributed by atoms with Crippen molar-refractivity contribution in [1.82, 2.24) is 0 Å². The Morgan fingerprint density at radius 2 is 1.73 bits per heavy atom. The number of aryl methyl sites for hydroxylation is 2. The molecule has 1 amide bonds. The summed E-state index contributed by atoms with van der Waals surface area (Å²) >= 11 is 0. The lowest BCUT2D eigenvalue weighted by Crippen LogP contribution is -2.35. The van der Waals surface area contributed by atoms with Gasteiger partial charge in [-0.05, 0) is 67.8 Å². The highest BCUT2D eigenvalue weighted by Crippen LogP contribution is 2.34. The van der Waals surface area contributed by atoms with Gasteiger partial charge in [0, 0.05) is 18.3 Å². The fourth-order valence-corrected chi connectivity index (χ4v) is 5.45. The SMILES string of the molecule is COc1ccc(C(=O)Nc2ccc3c(c2)CCCN3S(=O)(=O)c2ccc(C)cc2)c(OC)c1. The van der Waals surface area contributed by atoms with Gasteiger partial charge in [-0.25, -0.2) is 8.42 Å². The first-order valence-electron chi connectivity index (χ1n) is 10.6. The Labute approximate surface area is 194 Å². The van der Waals surface area contributed by atoms with Crippen molar-refractivity contribution < 1.29 is 22.7 Å². The third-order valence-corrected chi connectivity index (χ3v) is 7.50. The Bertz CT molecular complexity index is 1290. The van der Waals surface area contributed by atoms with Crippen LogP contribution in [0.15, 0.2) is 65.6 Å². The molecule has 1 N–H and O–H groups in total. The summed E-state index contributed by atoms with van der Waals surface area (Å²) in [5.41, 5.74) is 3.48. The highest BCUT2D eigenvalue weighted by molar-refractivity contribution is 7.92. The molecule has 4 rings (SSSR count). The maximum Gasteiger partial charge on any atom is 0.264 e. The normalized spacial score (nSPS) is 13.2. The Kier molecular flexibility index (Phi) is 6.29. The topological polar surface area (TPSA) is 84.9 Å². The lowest BCUT2D eigenvalue weighted by molar-refractivity contribution is 0.102.